The van der Waals surface area contributed by atoms with Gasteiger partial charge < -0.3 is 20.1 Å². The van der Waals surface area contributed by atoms with E-state index >= 15 is 0 Å². The number of amides is 2. The lowest BCUT2D eigenvalue weighted by Gasteiger charge is -2.36. The highest BCUT2D eigenvalue weighted by Gasteiger charge is 2.41. The highest BCUT2D eigenvalue weighted by molar-refractivity contribution is 7.98. The van der Waals surface area contributed by atoms with Gasteiger partial charge in [0.1, 0.15) is 0 Å². The van der Waals surface area contributed by atoms with Crippen LogP contribution < -0.4 is 5.32 Å². The molecule has 0 atom stereocenters. The predicted octanol–water partition coefficient (Wildman–Crippen LogP) is 0.916. The van der Waals surface area contributed by atoms with Gasteiger partial charge in [-0.15, -0.1) is 5.10 Å². The second-order valence-corrected chi connectivity index (χ2v) is 6.84. The Hall–Kier alpha value is -2.66. The number of piperidine rings is 1. The smallest absolute Gasteiger partial charge is 0.337 e. The Morgan fingerprint density at radius 3 is 2.74 bits per heavy atom. The number of nitrogens with zero attached hydrogens (tertiary/aromatic N) is 5. The van der Waals surface area contributed by atoms with E-state index in [2.05, 4.69) is 25.6 Å². The van der Waals surface area contributed by atoms with Crippen molar-refractivity contribution in [2.75, 3.05) is 31.8 Å². The molecule has 3 rings (SSSR count). The average molecular weight is 392 g/mol. The van der Waals surface area contributed by atoms with Crippen LogP contribution in [0.15, 0.2) is 29.4 Å². The van der Waals surface area contributed by atoms with Gasteiger partial charge in [0.05, 0.1) is 12.8 Å². The van der Waals surface area contributed by atoms with E-state index < -0.39 is 11.6 Å². The van der Waals surface area contributed by atoms with Crippen LogP contribution in [0.4, 0.5) is 10.5 Å². The van der Waals surface area contributed by atoms with Gasteiger partial charge in [0.25, 0.3) is 0 Å². The first kappa shape index (κ1) is 19.1. The average Bonchev–Trinajstić information content (AvgIpc) is 3.17. The summed E-state index contributed by atoms with van der Waals surface area (Å²) < 4.78 is 6.20. The number of methoxy groups -OCH3 is 1. The summed E-state index contributed by atoms with van der Waals surface area (Å²) in [5, 5.41) is 25.2. The standard InChI is InChI=1S/C16H20N6O4S/c1-26-13(23)16(25)6-8-21(9-7-16)14(24)17-11-4-3-5-12(10-11)22-15(27-2)18-19-20-22/h3-5,10,25H,6-9H2,1-2H3,(H,17,24). The Labute approximate surface area is 159 Å². The van der Waals surface area contributed by atoms with E-state index in [0.29, 0.717) is 10.8 Å². The number of ether oxygens (including phenoxy) is 1. The van der Waals surface area contributed by atoms with Gasteiger partial charge in [-0.25, -0.2) is 9.59 Å². The zero-order valence-electron chi connectivity index (χ0n) is 15.0. The first-order chi connectivity index (χ1) is 13.0. The molecule has 0 bridgehead atoms. The minimum absolute atomic E-state index is 0.134. The van der Waals surface area contributed by atoms with Crippen molar-refractivity contribution >= 4 is 29.4 Å². The maximum Gasteiger partial charge on any atom is 0.337 e. The van der Waals surface area contributed by atoms with Crippen LogP contribution in [-0.2, 0) is 9.53 Å². The number of carbonyl (C=O) groups is 2. The SMILES string of the molecule is COC(=O)C1(O)CCN(C(=O)Nc2cccc(-n3nnnc3SC)c2)CC1. The first-order valence-electron chi connectivity index (χ1n) is 8.26. The lowest BCUT2D eigenvalue weighted by Crippen LogP contribution is -2.52. The quantitative estimate of drug-likeness (QED) is 0.582. The van der Waals surface area contributed by atoms with Crippen molar-refractivity contribution in [3.63, 3.8) is 0 Å². The van der Waals surface area contributed by atoms with E-state index in [4.69, 9.17) is 0 Å². The van der Waals surface area contributed by atoms with Crippen molar-refractivity contribution in [1.82, 2.24) is 25.1 Å². The fourth-order valence-electron chi connectivity index (χ4n) is 2.86. The third-order valence-electron chi connectivity index (χ3n) is 4.41. The molecule has 2 aromatic rings. The zero-order valence-corrected chi connectivity index (χ0v) is 15.8. The second kappa shape index (κ2) is 7.92. The van der Waals surface area contributed by atoms with Gasteiger partial charge >= 0.3 is 12.0 Å². The number of rotatable bonds is 4. The zero-order chi connectivity index (χ0) is 19.4. The second-order valence-electron chi connectivity index (χ2n) is 6.07. The summed E-state index contributed by atoms with van der Waals surface area (Å²) in [4.78, 5) is 25.7. The van der Waals surface area contributed by atoms with E-state index in [1.165, 1.54) is 18.9 Å². The molecule has 0 aliphatic carbocycles. The number of tetrazole rings is 1. The van der Waals surface area contributed by atoms with Crippen molar-refractivity contribution < 1.29 is 19.4 Å². The maximum atomic E-state index is 12.5. The molecule has 2 amide bonds. The Balaban J connectivity index is 1.65. The fourth-order valence-corrected chi connectivity index (χ4v) is 3.29. The summed E-state index contributed by atoms with van der Waals surface area (Å²) in [6, 6.07) is 6.86. The van der Waals surface area contributed by atoms with Gasteiger partial charge in [-0.2, -0.15) is 4.68 Å². The number of benzene rings is 1. The van der Waals surface area contributed by atoms with Crippen molar-refractivity contribution in [3.05, 3.63) is 24.3 Å². The summed E-state index contributed by atoms with van der Waals surface area (Å²) in [6.45, 7) is 0.501. The molecule has 10 nitrogen and oxygen atoms in total. The Kier molecular flexibility index (Phi) is 5.61. The molecule has 11 heteroatoms. The molecule has 2 N–H and O–H groups in total. The first-order valence-corrected chi connectivity index (χ1v) is 9.49. The maximum absolute atomic E-state index is 12.5. The molecule has 0 unspecified atom stereocenters. The summed E-state index contributed by atoms with van der Waals surface area (Å²) >= 11 is 1.41. The Morgan fingerprint density at radius 1 is 1.33 bits per heavy atom. The molecule has 144 valence electrons. The van der Waals surface area contributed by atoms with Crippen LogP contribution in [0, 0.1) is 0 Å². The Morgan fingerprint density at radius 2 is 2.07 bits per heavy atom. The summed E-state index contributed by atoms with van der Waals surface area (Å²) in [7, 11) is 1.24. The Bertz CT molecular complexity index is 834. The normalized spacial score (nSPS) is 16.0. The van der Waals surface area contributed by atoms with E-state index in [1.54, 1.807) is 27.8 Å². The molecule has 1 aliphatic heterocycles. The van der Waals surface area contributed by atoms with Crippen LogP contribution in [0.25, 0.3) is 5.69 Å². The number of thioether (sulfide) groups is 1. The number of anilines is 1. The molecule has 2 heterocycles. The molecule has 1 aromatic carbocycles. The van der Waals surface area contributed by atoms with Gasteiger partial charge in [0.15, 0.2) is 5.60 Å². The van der Waals surface area contributed by atoms with Crippen LogP contribution in [0.5, 0.6) is 0 Å². The molecule has 27 heavy (non-hydrogen) atoms. The van der Waals surface area contributed by atoms with Crippen LogP contribution in [-0.4, -0.2) is 74.3 Å². The third-order valence-corrected chi connectivity index (χ3v) is 5.03. The van der Waals surface area contributed by atoms with E-state index in [-0.39, 0.29) is 32.0 Å². The van der Waals surface area contributed by atoms with E-state index in [0.717, 1.165) is 5.69 Å². The minimum Gasteiger partial charge on any atom is -0.467 e. The minimum atomic E-state index is -1.53. The number of urea groups is 1. The van der Waals surface area contributed by atoms with Gasteiger partial charge in [0, 0.05) is 31.6 Å². The lowest BCUT2D eigenvalue weighted by atomic mass is 9.92. The predicted molar refractivity (Wildman–Crippen MR) is 97.7 cm³/mol. The van der Waals surface area contributed by atoms with Gasteiger partial charge in [-0.1, -0.05) is 17.8 Å². The largest absolute Gasteiger partial charge is 0.467 e. The van der Waals surface area contributed by atoms with Crippen molar-refractivity contribution in [1.29, 1.82) is 0 Å². The monoisotopic (exact) mass is 392 g/mol. The molecule has 1 fully saturated rings. The molecule has 1 aliphatic rings. The number of hydrogen-bond acceptors (Lipinski definition) is 8. The van der Waals surface area contributed by atoms with Crippen molar-refractivity contribution in [2.45, 2.75) is 23.6 Å². The molecular formula is C16H20N6O4S. The number of aromatic nitrogens is 4. The molecular weight excluding hydrogens is 372 g/mol. The van der Waals surface area contributed by atoms with Crippen molar-refractivity contribution in [2.24, 2.45) is 0 Å². The topological polar surface area (TPSA) is 122 Å². The van der Waals surface area contributed by atoms with E-state index in [1.807, 2.05) is 12.3 Å². The van der Waals surface area contributed by atoms with Gasteiger partial charge in [-0.3, -0.25) is 0 Å². The van der Waals surface area contributed by atoms with E-state index in [9.17, 15) is 14.7 Å². The number of hydrogen-bond donors (Lipinski definition) is 2. The van der Waals surface area contributed by atoms with Crippen LogP contribution in [0.1, 0.15) is 12.8 Å². The van der Waals surface area contributed by atoms with Crippen LogP contribution in [0.3, 0.4) is 0 Å². The van der Waals surface area contributed by atoms with Gasteiger partial charge in [-0.05, 0) is 34.9 Å². The van der Waals surface area contributed by atoms with Crippen molar-refractivity contribution in [3.8, 4) is 5.69 Å². The highest BCUT2D eigenvalue weighted by atomic mass is 32.2. The molecule has 0 saturated carbocycles. The fraction of sp³-hybridized carbons (Fsp3) is 0.438. The molecule has 0 spiro atoms. The number of carbonyl (C=O) groups excluding carboxylic acids is 2. The molecule has 1 aromatic heterocycles. The summed E-state index contributed by atoms with van der Waals surface area (Å²) in [6.07, 6.45) is 2.14. The highest BCUT2D eigenvalue weighted by Crippen LogP contribution is 2.24. The lowest BCUT2D eigenvalue weighted by molar-refractivity contribution is -0.166. The van der Waals surface area contributed by atoms with Gasteiger partial charge in [0.2, 0.25) is 5.16 Å². The van der Waals surface area contributed by atoms with Crippen LogP contribution >= 0.6 is 11.8 Å². The number of aliphatic hydroxyl groups is 1. The number of nitrogens with one attached hydrogen (secondary N) is 1. The van der Waals surface area contributed by atoms with Crippen LogP contribution in [0.2, 0.25) is 0 Å². The third kappa shape index (κ3) is 4.03. The summed E-state index contributed by atoms with van der Waals surface area (Å²) in [5.74, 6) is -0.665. The number of esters is 1. The molecule has 0 radical (unpaired) electrons. The number of likely N-dealkylation sites (tertiary alicyclic amines) is 1. The molecule has 1 saturated heterocycles. The summed E-state index contributed by atoms with van der Waals surface area (Å²) in [5.41, 5.74) is -0.213.